The molecule has 132 valence electrons. The predicted octanol–water partition coefficient (Wildman–Crippen LogP) is 7.25. The van der Waals surface area contributed by atoms with Gasteiger partial charge in [-0.25, -0.2) is 0 Å². The van der Waals surface area contributed by atoms with E-state index in [2.05, 4.69) is 46.8 Å². The highest BCUT2D eigenvalue weighted by atomic mass is 32.1. The van der Waals surface area contributed by atoms with Crippen molar-refractivity contribution in [3.63, 3.8) is 0 Å². The quantitative estimate of drug-likeness (QED) is 0.315. The minimum Gasteiger partial charge on any atom is -0.143 e. The van der Waals surface area contributed by atoms with Crippen LogP contribution in [0.5, 0.6) is 0 Å². The molecule has 1 aromatic rings. The lowest BCUT2D eigenvalue weighted by molar-refractivity contribution is 0.760. The van der Waals surface area contributed by atoms with Gasteiger partial charge < -0.3 is 0 Å². The molecular weight excluding hydrogens is 312 g/mol. The fourth-order valence-electron chi connectivity index (χ4n) is 3.61. The number of rotatable bonds is 11. The first kappa shape index (κ1) is 20.8. The Morgan fingerprint density at radius 2 is 1.22 bits per heavy atom. The Hall–Kier alpha value is -0.213. The third-order valence-electron chi connectivity index (χ3n) is 5.76. The SMILES string of the molecule is CCCCc1cc(C[Si](CC)(CC)CC)cc(CCCC)c1S. The van der Waals surface area contributed by atoms with Crippen molar-refractivity contribution in [2.45, 2.75) is 102 Å². The molecule has 0 aliphatic carbocycles. The zero-order chi connectivity index (χ0) is 17.3. The average Bonchev–Trinajstić information content (AvgIpc) is 2.58. The standard InChI is InChI=1S/C21H38SSi/c1-6-11-13-19-15-18(17-23(8-3,9-4)10-5)16-20(21(19)22)14-12-7-2/h15-16,22H,6-14,17H2,1-5H3. The van der Waals surface area contributed by atoms with Crippen molar-refractivity contribution in [1.29, 1.82) is 0 Å². The van der Waals surface area contributed by atoms with Crippen LogP contribution in [0.4, 0.5) is 0 Å². The number of aryl methyl sites for hydroxylation is 2. The summed E-state index contributed by atoms with van der Waals surface area (Å²) in [5, 5.41) is 0. The van der Waals surface area contributed by atoms with Crippen LogP contribution >= 0.6 is 12.6 Å². The van der Waals surface area contributed by atoms with Crippen molar-refractivity contribution in [3.8, 4) is 0 Å². The highest BCUT2D eigenvalue weighted by Gasteiger charge is 2.27. The minimum absolute atomic E-state index is 1.11. The zero-order valence-electron chi connectivity index (χ0n) is 16.2. The molecule has 2 heteroatoms. The van der Waals surface area contributed by atoms with E-state index in [0.29, 0.717) is 0 Å². The lowest BCUT2D eigenvalue weighted by atomic mass is 9.99. The van der Waals surface area contributed by atoms with Gasteiger partial charge in [-0.15, -0.1) is 12.6 Å². The molecule has 0 nitrogen and oxygen atoms in total. The number of benzene rings is 1. The maximum Gasteiger partial charge on any atom is 0.0571 e. The Labute approximate surface area is 151 Å². The van der Waals surface area contributed by atoms with E-state index in [9.17, 15) is 0 Å². The molecule has 0 radical (unpaired) electrons. The Bertz CT molecular complexity index is 426. The molecule has 1 rings (SSSR count). The van der Waals surface area contributed by atoms with Gasteiger partial charge in [-0.1, -0.05) is 83.3 Å². The average molecular weight is 351 g/mol. The lowest BCUT2D eigenvalue weighted by Crippen LogP contribution is -2.34. The summed E-state index contributed by atoms with van der Waals surface area (Å²) >= 11 is 4.90. The zero-order valence-corrected chi connectivity index (χ0v) is 18.1. The van der Waals surface area contributed by atoms with Crippen molar-refractivity contribution in [2.24, 2.45) is 0 Å². The molecule has 1 aromatic carbocycles. The van der Waals surface area contributed by atoms with Crippen molar-refractivity contribution >= 4 is 20.7 Å². The monoisotopic (exact) mass is 350 g/mol. The molecule has 0 aromatic heterocycles. The molecule has 0 spiro atoms. The van der Waals surface area contributed by atoms with Crippen molar-refractivity contribution < 1.29 is 0 Å². The Morgan fingerprint density at radius 3 is 1.57 bits per heavy atom. The maximum absolute atomic E-state index is 4.90. The summed E-state index contributed by atoms with van der Waals surface area (Å²) in [6.07, 6.45) is 7.48. The molecule has 0 fully saturated rings. The van der Waals surface area contributed by atoms with Crippen LogP contribution in [0.25, 0.3) is 0 Å². The Balaban J connectivity index is 3.14. The largest absolute Gasteiger partial charge is 0.143 e. The smallest absolute Gasteiger partial charge is 0.0571 e. The van der Waals surface area contributed by atoms with Gasteiger partial charge in [0.1, 0.15) is 0 Å². The maximum atomic E-state index is 4.90. The molecule has 0 saturated carbocycles. The normalized spacial score (nSPS) is 11.9. The van der Waals surface area contributed by atoms with E-state index >= 15 is 0 Å². The van der Waals surface area contributed by atoms with Gasteiger partial charge in [-0.05, 0) is 42.9 Å². The summed E-state index contributed by atoms with van der Waals surface area (Å²) in [5.74, 6) is 0. The first-order valence-electron chi connectivity index (χ1n) is 9.89. The molecule has 0 bridgehead atoms. The van der Waals surface area contributed by atoms with Gasteiger partial charge in [-0.2, -0.15) is 0 Å². The summed E-state index contributed by atoms with van der Waals surface area (Å²) in [6.45, 7) is 11.8. The number of hydrogen-bond donors (Lipinski definition) is 1. The van der Waals surface area contributed by atoms with Gasteiger partial charge in [-0.3, -0.25) is 0 Å². The van der Waals surface area contributed by atoms with E-state index in [1.54, 1.807) is 5.56 Å². The Morgan fingerprint density at radius 1 is 0.783 bits per heavy atom. The first-order chi connectivity index (χ1) is 11.1. The van der Waals surface area contributed by atoms with Crippen LogP contribution in [0, 0.1) is 0 Å². The van der Waals surface area contributed by atoms with Gasteiger partial charge in [0.05, 0.1) is 8.07 Å². The summed E-state index contributed by atoms with van der Waals surface area (Å²) in [4.78, 5) is 1.28. The van der Waals surface area contributed by atoms with Crippen LogP contribution in [-0.2, 0) is 18.9 Å². The third-order valence-corrected chi connectivity index (χ3v) is 12.0. The molecule has 0 aliphatic rings. The molecule has 0 amide bonds. The van der Waals surface area contributed by atoms with Crippen molar-refractivity contribution in [1.82, 2.24) is 0 Å². The molecule has 0 heterocycles. The molecule has 23 heavy (non-hydrogen) atoms. The van der Waals surface area contributed by atoms with Crippen molar-refractivity contribution in [3.05, 3.63) is 28.8 Å². The van der Waals surface area contributed by atoms with E-state index in [0.717, 1.165) is 0 Å². The second kappa shape index (κ2) is 10.6. The molecule has 0 saturated heterocycles. The predicted molar refractivity (Wildman–Crippen MR) is 112 cm³/mol. The van der Waals surface area contributed by atoms with Crippen LogP contribution in [0.1, 0.15) is 77.0 Å². The number of hydrogen-bond acceptors (Lipinski definition) is 1. The van der Waals surface area contributed by atoms with Crippen molar-refractivity contribution in [2.75, 3.05) is 0 Å². The van der Waals surface area contributed by atoms with E-state index < -0.39 is 8.07 Å². The fourth-order valence-corrected chi connectivity index (χ4v) is 7.28. The minimum atomic E-state index is -1.11. The van der Waals surface area contributed by atoms with Crippen LogP contribution in [0.15, 0.2) is 17.0 Å². The van der Waals surface area contributed by atoms with Gasteiger partial charge in [0.2, 0.25) is 0 Å². The molecule has 0 N–H and O–H groups in total. The van der Waals surface area contributed by atoms with Gasteiger partial charge >= 0.3 is 0 Å². The first-order valence-corrected chi connectivity index (χ1v) is 13.2. The Kier molecular flexibility index (Phi) is 9.61. The second-order valence-electron chi connectivity index (χ2n) is 7.21. The van der Waals surface area contributed by atoms with E-state index in [1.807, 2.05) is 0 Å². The number of unbranched alkanes of at least 4 members (excludes halogenated alkanes) is 2. The second-order valence-corrected chi connectivity index (χ2v) is 13.1. The topological polar surface area (TPSA) is 0 Å². The number of thiol groups is 1. The highest BCUT2D eigenvalue weighted by molar-refractivity contribution is 7.80. The van der Waals surface area contributed by atoms with E-state index in [4.69, 9.17) is 12.6 Å². The summed E-state index contributed by atoms with van der Waals surface area (Å²) in [6, 6.07) is 10.6. The van der Waals surface area contributed by atoms with Crippen LogP contribution in [-0.4, -0.2) is 8.07 Å². The van der Waals surface area contributed by atoms with E-state index in [-0.39, 0.29) is 0 Å². The van der Waals surface area contributed by atoms with Gasteiger partial charge in [0, 0.05) is 4.90 Å². The van der Waals surface area contributed by atoms with E-state index in [1.165, 1.54) is 78.7 Å². The summed E-state index contributed by atoms with van der Waals surface area (Å²) < 4.78 is 0. The van der Waals surface area contributed by atoms with Crippen LogP contribution in [0.2, 0.25) is 18.1 Å². The van der Waals surface area contributed by atoms with Crippen LogP contribution < -0.4 is 0 Å². The molecule has 0 atom stereocenters. The highest BCUT2D eigenvalue weighted by Crippen LogP contribution is 2.30. The lowest BCUT2D eigenvalue weighted by Gasteiger charge is -2.29. The molecule has 0 unspecified atom stereocenters. The third kappa shape index (κ3) is 5.97. The van der Waals surface area contributed by atoms with Gasteiger partial charge in [0.15, 0.2) is 0 Å². The summed E-state index contributed by atoms with van der Waals surface area (Å²) in [5.41, 5.74) is 4.62. The molecule has 0 aliphatic heterocycles. The van der Waals surface area contributed by atoms with Crippen LogP contribution in [0.3, 0.4) is 0 Å². The summed E-state index contributed by atoms with van der Waals surface area (Å²) in [7, 11) is -1.11. The molecular formula is C21H38SSi. The fraction of sp³-hybridized carbons (Fsp3) is 0.714. The van der Waals surface area contributed by atoms with Gasteiger partial charge in [0.25, 0.3) is 0 Å².